The molecule has 2 atom stereocenters. The molecule has 1 aliphatic rings. The second-order valence-corrected chi connectivity index (χ2v) is 7.80. The van der Waals surface area contributed by atoms with Gasteiger partial charge >= 0.3 is 0 Å². The number of nitriles is 1. The zero-order valence-electron chi connectivity index (χ0n) is 16.8. The third kappa shape index (κ3) is 3.60. The van der Waals surface area contributed by atoms with Gasteiger partial charge in [-0.25, -0.2) is 4.39 Å². The van der Waals surface area contributed by atoms with E-state index >= 15 is 0 Å². The normalized spacial score (nSPS) is 19.5. The SMILES string of the molecule is Cc1noc(CN(c2ccc(F)cc2)C2c3cc(C#N)ccc3OC(C)(C)[C@@H]2O)n1. The molecule has 0 radical (unpaired) electrons. The van der Waals surface area contributed by atoms with Crippen LogP contribution in [0.3, 0.4) is 0 Å². The third-order valence-electron chi connectivity index (χ3n) is 5.21. The maximum Gasteiger partial charge on any atom is 0.246 e. The third-order valence-corrected chi connectivity index (χ3v) is 5.21. The molecule has 1 aliphatic heterocycles. The molecule has 2 aromatic carbocycles. The fourth-order valence-electron chi connectivity index (χ4n) is 3.71. The molecule has 3 aromatic rings. The number of aromatic nitrogens is 2. The van der Waals surface area contributed by atoms with Crippen molar-refractivity contribution in [2.24, 2.45) is 0 Å². The molecular formula is C22H21FN4O3. The summed E-state index contributed by atoms with van der Waals surface area (Å²) in [6, 6.07) is 12.6. The second-order valence-electron chi connectivity index (χ2n) is 7.80. The Morgan fingerprint density at radius 2 is 1.97 bits per heavy atom. The molecule has 0 amide bonds. The van der Waals surface area contributed by atoms with Crippen molar-refractivity contribution in [1.82, 2.24) is 10.1 Å². The van der Waals surface area contributed by atoms with Gasteiger partial charge in [-0.1, -0.05) is 5.16 Å². The topological polar surface area (TPSA) is 95.4 Å². The maximum absolute atomic E-state index is 13.6. The average Bonchev–Trinajstić information content (AvgIpc) is 3.13. The monoisotopic (exact) mass is 408 g/mol. The van der Waals surface area contributed by atoms with Crippen LogP contribution in [-0.4, -0.2) is 27.0 Å². The molecule has 0 bridgehead atoms. The van der Waals surface area contributed by atoms with Gasteiger partial charge in [0, 0.05) is 11.3 Å². The number of hydrogen-bond acceptors (Lipinski definition) is 7. The number of anilines is 1. The summed E-state index contributed by atoms with van der Waals surface area (Å²) in [6.45, 7) is 5.49. The van der Waals surface area contributed by atoms with E-state index in [1.807, 2.05) is 4.90 Å². The largest absolute Gasteiger partial charge is 0.485 e. The highest BCUT2D eigenvalue weighted by molar-refractivity contribution is 5.54. The molecule has 1 unspecified atom stereocenters. The van der Waals surface area contributed by atoms with E-state index in [0.29, 0.717) is 34.3 Å². The van der Waals surface area contributed by atoms with Crippen LogP contribution >= 0.6 is 0 Å². The standard InChI is InChI=1S/C22H21FN4O3/c1-13-25-19(30-26-13)12-27(16-7-5-15(23)6-8-16)20-17-10-14(11-24)4-9-18(17)29-22(2,3)21(20)28/h4-10,20-21,28H,12H2,1-3H3/t20?,21-/m1/s1. The summed E-state index contributed by atoms with van der Waals surface area (Å²) < 4.78 is 24.9. The van der Waals surface area contributed by atoms with Crippen molar-refractivity contribution in [2.45, 2.75) is 45.1 Å². The Hall–Kier alpha value is -3.44. The summed E-state index contributed by atoms with van der Waals surface area (Å²) in [5, 5.41) is 24.5. The smallest absolute Gasteiger partial charge is 0.246 e. The lowest BCUT2D eigenvalue weighted by molar-refractivity contribution is -0.0592. The first kappa shape index (κ1) is 19.9. The molecule has 2 heterocycles. The number of aliphatic hydroxyl groups is 1. The fraction of sp³-hybridized carbons (Fsp3) is 0.318. The number of hydrogen-bond donors (Lipinski definition) is 1. The molecule has 0 fully saturated rings. The van der Waals surface area contributed by atoms with Gasteiger partial charge < -0.3 is 19.3 Å². The first-order valence-corrected chi connectivity index (χ1v) is 9.51. The molecule has 1 aromatic heterocycles. The molecule has 154 valence electrons. The number of benzene rings is 2. The van der Waals surface area contributed by atoms with E-state index in [1.165, 1.54) is 12.1 Å². The van der Waals surface area contributed by atoms with E-state index in [0.717, 1.165) is 0 Å². The van der Waals surface area contributed by atoms with Crippen LogP contribution in [0.25, 0.3) is 0 Å². The summed E-state index contributed by atoms with van der Waals surface area (Å²) in [5.74, 6) is 1.05. The predicted molar refractivity (Wildman–Crippen MR) is 106 cm³/mol. The molecule has 30 heavy (non-hydrogen) atoms. The number of rotatable bonds is 4. The zero-order chi connectivity index (χ0) is 21.5. The summed E-state index contributed by atoms with van der Waals surface area (Å²) in [4.78, 5) is 6.14. The molecule has 4 rings (SSSR count). The van der Waals surface area contributed by atoms with E-state index in [2.05, 4.69) is 16.2 Å². The quantitative estimate of drug-likeness (QED) is 0.704. The number of ether oxygens (including phenoxy) is 1. The van der Waals surface area contributed by atoms with E-state index < -0.39 is 17.7 Å². The van der Waals surface area contributed by atoms with Gasteiger partial charge in [-0.15, -0.1) is 0 Å². The van der Waals surface area contributed by atoms with Crippen LogP contribution in [0.4, 0.5) is 10.1 Å². The Kier molecular flexibility index (Phi) is 4.92. The highest BCUT2D eigenvalue weighted by atomic mass is 19.1. The van der Waals surface area contributed by atoms with E-state index in [-0.39, 0.29) is 12.4 Å². The van der Waals surface area contributed by atoms with Gasteiger partial charge in [0.25, 0.3) is 0 Å². The minimum Gasteiger partial charge on any atom is -0.485 e. The van der Waals surface area contributed by atoms with Gasteiger partial charge in [0.1, 0.15) is 23.3 Å². The number of aryl methyl sites for hydroxylation is 1. The van der Waals surface area contributed by atoms with Crippen LogP contribution in [0.5, 0.6) is 5.75 Å². The molecule has 0 aliphatic carbocycles. The van der Waals surface area contributed by atoms with Crippen LogP contribution < -0.4 is 9.64 Å². The molecule has 8 heteroatoms. The first-order valence-electron chi connectivity index (χ1n) is 9.51. The van der Waals surface area contributed by atoms with Crippen LogP contribution in [0.1, 0.15) is 42.7 Å². The van der Waals surface area contributed by atoms with Crippen molar-refractivity contribution in [1.29, 1.82) is 5.26 Å². The van der Waals surface area contributed by atoms with Gasteiger partial charge in [-0.3, -0.25) is 0 Å². The minimum atomic E-state index is -0.965. The van der Waals surface area contributed by atoms with Crippen LogP contribution in [-0.2, 0) is 6.54 Å². The van der Waals surface area contributed by atoms with Crippen LogP contribution in [0.2, 0.25) is 0 Å². The van der Waals surface area contributed by atoms with Gasteiger partial charge in [-0.2, -0.15) is 10.2 Å². The van der Waals surface area contributed by atoms with E-state index in [1.54, 1.807) is 51.1 Å². The molecular weight excluding hydrogens is 387 g/mol. The Bertz CT molecular complexity index is 1100. The summed E-state index contributed by atoms with van der Waals surface area (Å²) in [5.41, 5.74) is 0.847. The molecule has 0 spiro atoms. The maximum atomic E-state index is 13.6. The molecule has 7 nitrogen and oxygen atoms in total. The number of aliphatic hydroxyl groups excluding tert-OH is 1. The zero-order valence-corrected chi connectivity index (χ0v) is 16.8. The second kappa shape index (κ2) is 7.43. The van der Waals surface area contributed by atoms with Gasteiger partial charge in [0.15, 0.2) is 5.82 Å². The number of halogens is 1. The lowest BCUT2D eigenvalue weighted by Gasteiger charge is -2.46. The van der Waals surface area contributed by atoms with Crippen molar-refractivity contribution in [2.75, 3.05) is 4.90 Å². The number of fused-ring (bicyclic) bond motifs is 1. The summed E-state index contributed by atoms with van der Waals surface area (Å²) in [6.07, 6.45) is -0.965. The minimum absolute atomic E-state index is 0.181. The van der Waals surface area contributed by atoms with E-state index in [4.69, 9.17) is 9.26 Å². The summed E-state index contributed by atoms with van der Waals surface area (Å²) in [7, 11) is 0. The van der Waals surface area contributed by atoms with Crippen molar-refractivity contribution >= 4 is 5.69 Å². The molecule has 0 saturated heterocycles. The first-order chi connectivity index (χ1) is 14.3. The Balaban J connectivity index is 1.87. The van der Waals surface area contributed by atoms with Crippen molar-refractivity contribution in [3.8, 4) is 11.8 Å². The van der Waals surface area contributed by atoms with Crippen LogP contribution in [0, 0.1) is 24.1 Å². The summed E-state index contributed by atoms with van der Waals surface area (Å²) >= 11 is 0. The highest BCUT2D eigenvalue weighted by Gasteiger charge is 2.46. The average molecular weight is 408 g/mol. The Morgan fingerprint density at radius 1 is 1.23 bits per heavy atom. The van der Waals surface area contributed by atoms with Gasteiger partial charge in [-0.05, 0) is 63.2 Å². The Morgan fingerprint density at radius 3 is 2.60 bits per heavy atom. The molecule has 0 saturated carbocycles. The fourth-order valence-corrected chi connectivity index (χ4v) is 3.71. The van der Waals surface area contributed by atoms with Gasteiger partial charge in [0.2, 0.25) is 5.89 Å². The molecule has 1 N–H and O–H groups in total. The van der Waals surface area contributed by atoms with Crippen LogP contribution in [0.15, 0.2) is 47.0 Å². The lowest BCUT2D eigenvalue weighted by atomic mass is 9.84. The van der Waals surface area contributed by atoms with Crippen molar-refractivity contribution < 1.29 is 18.8 Å². The van der Waals surface area contributed by atoms with Gasteiger partial charge in [0.05, 0.1) is 24.2 Å². The lowest BCUT2D eigenvalue weighted by Crippen LogP contribution is -2.53. The Labute approximate surface area is 173 Å². The highest BCUT2D eigenvalue weighted by Crippen LogP contribution is 2.45. The van der Waals surface area contributed by atoms with E-state index in [9.17, 15) is 14.8 Å². The predicted octanol–water partition coefficient (Wildman–Crippen LogP) is 3.67. The van der Waals surface area contributed by atoms with Crippen molar-refractivity contribution in [3.05, 3.63) is 71.1 Å². The van der Waals surface area contributed by atoms with Crippen molar-refractivity contribution in [3.63, 3.8) is 0 Å². The number of nitrogens with zero attached hydrogens (tertiary/aromatic N) is 4.